The third-order valence-corrected chi connectivity index (χ3v) is 3.84. The van der Waals surface area contributed by atoms with Crippen LogP contribution in [0.4, 0.5) is 5.69 Å². The van der Waals surface area contributed by atoms with Crippen LogP contribution in [0.1, 0.15) is 16.1 Å². The number of nitrogens with zero attached hydrogens (tertiary/aromatic N) is 2. The van der Waals surface area contributed by atoms with E-state index in [9.17, 15) is 14.9 Å². The molecule has 0 fully saturated rings. The standard InChI is InChI=1S/C19H16N2O7/c1-25-16-8-14(15(21(23)24)9-17(16)26-2)19(22)28-11-13-10-27-18(20-13)12-6-4-3-5-7-12/h3-10H,11H2,1-2H3. The Balaban J connectivity index is 1.78. The zero-order valence-corrected chi connectivity index (χ0v) is 15.1. The molecule has 28 heavy (non-hydrogen) atoms. The van der Waals surface area contributed by atoms with Crippen LogP contribution in [0.3, 0.4) is 0 Å². The molecule has 9 heteroatoms. The Labute approximate surface area is 159 Å². The molecule has 2 aromatic carbocycles. The van der Waals surface area contributed by atoms with Crippen LogP contribution in [0.15, 0.2) is 53.1 Å². The summed E-state index contributed by atoms with van der Waals surface area (Å²) in [7, 11) is 2.70. The molecule has 0 aliphatic heterocycles. The van der Waals surface area contributed by atoms with Gasteiger partial charge in [-0.2, -0.15) is 0 Å². The second kappa shape index (κ2) is 8.21. The molecule has 1 heterocycles. The average Bonchev–Trinajstić information content (AvgIpc) is 3.20. The number of rotatable bonds is 7. The van der Waals surface area contributed by atoms with E-state index in [1.165, 1.54) is 26.5 Å². The zero-order chi connectivity index (χ0) is 20.1. The number of oxazole rings is 1. The molecule has 1 aromatic heterocycles. The van der Waals surface area contributed by atoms with Crippen LogP contribution in [0.2, 0.25) is 0 Å². The highest BCUT2D eigenvalue weighted by molar-refractivity contribution is 5.95. The number of hydrogen-bond acceptors (Lipinski definition) is 8. The number of nitro groups is 1. The van der Waals surface area contributed by atoms with Crippen LogP contribution in [-0.4, -0.2) is 30.1 Å². The smallest absolute Gasteiger partial charge is 0.345 e. The van der Waals surface area contributed by atoms with E-state index in [2.05, 4.69) is 4.98 Å². The number of esters is 1. The van der Waals surface area contributed by atoms with Crippen molar-refractivity contribution >= 4 is 11.7 Å². The van der Waals surface area contributed by atoms with Gasteiger partial charge in [0.25, 0.3) is 5.69 Å². The Morgan fingerprint density at radius 3 is 2.46 bits per heavy atom. The zero-order valence-electron chi connectivity index (χ0n) is 15.1. The fourth-order valence-corrected chi connectivity index (χ4v) is 2.49. The summed E-state index contributed by atoms with van der Waals surface area (Å²) in [6, 6.07) is 11.5. The molecule has 0 amide bonds. The molecule has 0 saturated carbocycles. The first-order chi connectivity index (χ1) is 13.5. The van der Waals surface area contributed by atoms with E-state index >= 15 is 0 Å². The molecule has 144 valence electrons. The Morgan fingerprint density at radius 1 is 1.14 bits per heavy atom. The largest absolute Gasteiger partial charge is 0.493 e. The van der Waals surface area contributed by atoms with E-state index in [-0.39, 0.29) is 23.7 Å². The van der Waals surface area contributed by atoms with Gasteiger partial charge < -0.3 is 18.6 Å². The molecular weight excluding hydrogens is 368 g/mol. The van der Waals surface area contributed by atoms with Gasteiger partial charge in [-0.05, 0) is 12.1 Å². The molecule has 0 bridgehead atoms. The van der Waals surface area contributed by atoms with Gasteiger partial charge in [0.05, 0.1) is 25.2 Å². The van der Waals surface area contributed by atoms with E-state index in [1.807, 2.05) is 30.3 Å². The van der Waals surface area contributed by atoms with Crippen molar-refractivity contribution in [2.45, 2.75) is 6.61 Å². The van der Waals surface area contributed by atoms with Crippen molar-refractivity contribution in [3.63, 3.8) is 0 Å². The van der Waals surface area contributed by atoms with Gasteiger partial charge in [0.1, 0.15) is 24.1 Å². The van der Waals surface area contributed by atoms with Crippen molar-refractivity contribution < 1.29 is 28.3 Å². The van der Waals surface area contributed by atoms with E-state index in [0.29, 0.717) is 11.6 Å². The van der Waals surface area contributed by atoms with Crippen LogP contribution in [0.25, 0.3) is 11.5 Å². The van der Waals surface area contributed by atoms with Crippen molar-refractivity contribution in [3.05, 3.63) is 70.1 Å². The Morgan fingerprint density at radius 2 is 1.82 bits per heavy atom. The van der Waals surface area contributed by atoms with E-state index in [4.69, 9.17) is 18.6 Å². The monoisotopic (exact) mass is 384 g/mol. The molecule has 9 nitrogen and oxygen atoms in total. The summed E-state index contributed by atoms with van der Waals surface area (Å²) >= 11 is 0. The highest BCUT2D eigenvalue weighted by atomic mass is 16.6. The molecule has 0 saturated heterocycles. The number of benzene rings is 2. The molecule has 0 aliphatic rings. The summed E-state index contributed by atoms with van der Waals surface area (Å²) in [6.07, 6.45) is 1.36. The van der Waals surface area contributed by atoms with Crippen LogP contribution in [-0.2, 0) is 11.3 Å². The molecule has 0 aliphatic carbocycles. The topological polar surface area (TPSA) is 114 Å². The molecule has 3 rings (SSSR count). The van der Waals surface area contributed by atoms with Gasteiger partial charge in [-0.3, -0.25) is 10.1 Å². The van der Waals surface area contributed by atoms with Gasteiger partial charge in [-0.25, -0.2) is 9.78 Å². The van der Waals surface area contributed by atoms with Gasteiger partial charge in [0.15, 0.2) is 11.5 Å². The maximum Gasteiger partial charge on any atom is 0.345 e. The highest BCUT2D eigenvalue weighted by Crippen LogP contribution is 2.35. The van der Waals surface area contributed by atoms with Gasteiger partial charge >= 0.3 is 5.97 Å². The predicted molar refractivity (Wildman–Crippen MR) is 97.3 cm³/mol. The summed E-state index contributed by atoms with van der Waals surface area (Å²) < 4.78 is 20.7. The van der Waals surface area contributed by atoms with Gasteiger partial charge in [-0.1, -0.05) is 18.2 Å². The first-order valence-electron chi connectivity index (χ1n) is 8.11. The first-order valence-corrected chi connectivity index (χ1v) is 8.11. The van der Waals surface area contributed by atoms with E-state index in [0.717, 1.165) is 11.6 Å². The van der Waals surface area contributed by atoms with Crippen molar-refractivity contribution in [1.82, 2.24) is 4.98 Å². The minimum absolute atomic E-state index is 0.134. The van der Waals surface area contributed by atoms with Gasteiger partial charge in [-0.15, -0.1) is 0 Å². The number of methoxy groups -OCH3 is 2. The van der Waals surface area contributed by atoms with Crippen molar-refractivity contribution in [1.29, 1.82) is 0 Å². The van der Waals surface area contributed by atoms with Crippen LogP contribution >= 0.6 is 0 Å². The molecular formula is C19H16N2O7. The van der Waals surface area contributed by atoms with Crippen LogP contribution in [0.5, 0.6) is 11.5 Å². The number of nitro benzene ring substituents is 1. The van der Waals surface area contributed by atoms with Crippen molar-refractivity contribution in [2.24, 2.45) is 0 Å². The third-order valence-electron chi connectivity index (χ3n) is 3.84. The summed E-state index contributed by atoms with van der Waals surface area (Å²) in [5.41, 5.74) is 0.438. The van der Waals surface area contributed by atoms with Crippen molar-refractivity contribution in [2.75, 3.05) is 14.2 Å². The maximum absolute atomic E-state index is 12.4. The van der Waals surface area contributed by atoms with Gasteiger partial charge in [0, 0.05) is 11.6 Å². The van der Waals surface area contributed by atoms with Crippen molar-refractivity contribution in [3.8, 4) is 23.0 Å². The molecule has 0 atom stereocenters. The number of carbonyl (C=O) groups is 1. The normalized spacial score (nSPS) is 10.4. The minimum atomic E-state index is -0.892. The van der Waals surface area contributed by atoms with Crippen LogP contribution in [0, 0.1) is 10.1 Å². The lowest BCUT2D eigenvalue weighted by Crippen LogP contribution is -2.09. The molecule has 0 unspecified atom stereocenters. The number of hydrogen-bond donors (Lipinski definition) is 0. The average molecular weight is 384 g/mol. The highest BCUT2D eigenvalue weighted by Gasteiger charge is 2.26. The fourth-order valence-electron chi connectivity index (χ4n) is 2.49. The fraction of sp³-hybridized carbons (Fsp3) is 0.158. The summed E-state index contributed by atoms with van der Waals surface area (Å²) in [6.45, 7) is -0.208. The SMILES string of the molecule is COc1cc(C(=O)OCc2coc(-c3ccccc3)n2)c([N+](=O)[O-])cc1OC. The maximum atomic E-state index is 12.4. The lowest BCUT2D eigenvalue weighted by atomic mass is 10.1. The lowest BCUT2D eigenvalue weighted by molar-refractivity contribution is -0.385. The second-order valence-electron chi connectivity index (χ2n) is 5.57. The van der Waals surface area contributed by atoms with Gasteiger partial charge in [0.2, 0.25) is 5.89 Å². The summed E-state index contributed by atoms with van der Waals surface area (Å²) in [5.74, 6) is -0.205. The van der Waals surface area contributed by atoms with Crippen LogP contribution < -0.4 is 9.47 Å². The quantitative estimate of drug-likeness (QED) is 0.345. The molecule has 0 radical (unpaired) electrons. The first kappa shape index (κ1) is 18.9. The Kier molecular flexibility index (Phi) is 5.54. The lowest BCUT2D eigenvalue weighted by Gasteiger charge is -2.10. The summed E-state index contributed by atoms with van der Waals surface area (Å²) in [5, 5.41) is 11.3. The Hall–Kier alpha value is -3.88. The molecule has 3 aromatic rings. The number of aromatic nitrogens is 1. The molecule has 0 N–H and O–H groups in total. The van der Waals surface area contributed by atoms with E-state index in [1.54, 1.807) is 0 Å². The number of ether oxygens (including phenoxy) is 3. The minimum Gasteiger partial charge on any atom is -0.493 e. The molecule has 0 spiro atoms. The Bertz CT molecular complexity index is 999. The number of carbonyl (C=O) groups excluding carboxylic acids is 1. The third kappa shape index (κ3) is 3.93. The van der Waals surface area contributed by atoms with E-state index < -0.39 is 16.6 Å². The predicted octanol–water partition coefficient (Wildman–Crippen LogP) is 3.62. The summed E-state index contributed by atoms with van der Waals surface area (Å²) in [4.78, 5) is 27.3. The second-order valence-corrected chi connectivity index (χ2v) is 5.57.